The predicted molar refractivity (Wildman–Crippen MR) is 146 cm³/mol. The third-order valence-corrected chi connectivity index (χ3v) is 6.76. The molecule has 0 radical (unpaired) electrons. The molecule has 37 heavy (non-hydrogen) atoms. The molecule has 0 saturated carbocycles. The van der Waals surface area contributed by atoms with Gasteiger partial charge < -0.3 is 24.4 Å². The minimum atomic E-state index is 0.302. The van der Waals surface area contributed by atoms with Crippen LogP contribution in [0.15, 0.2) is 65.4 Å². The number of aromatic nitrogens is 2. The predicted octanol–water partition coefficient (Wildman–Crippen LogP) is 3.50. The fourth-order valence-electron chi connectivity index (χ4n) is 4.76. The Morgan fingerprint density at radius 1 is 1.08 bits per heavy atom. The van der Waals surface area contributed by atoms with Gasteiger partial charge in [-0.1, -0.05) is 30.4 Å². The van der Waals surface area contributed by atoms with E-state index in [-0.39, 0.29) is 0 Å². The Kier molecular flexibility index (Phi) is 8.00. The number of hydrogen-bond acceptors (Lipinski definition) is 9. The van der Waals surface area contributed by atoms with E-state index in [1.807, 2.05) is 30.6 Å². The topological polar surface area (TPSA) is 93.1 Å². The molecule has 9 nitrogen and oxygen atoms in total. The first-order valence-electron chi connectivity index (χ1n) is 12.8. The van der Waals surface area contributed by atoms with Crippen molar-refractivity contribution in [2.75, 3.05) is 50.8 Å². The molecule has 5 rings (SSSR count). The van der Waals surface area contributed by atoms with Crippen LogP contribution in [-0.2, 0) is 17.6 Å². The summed E-state index contributed by atoms with van der Waals surface area (Å²) in [7, 11) is 3.30. The summed E-state index contributed by atoms with van der Waals surface area (Å²) < 4.78 is 16.3. The SMILES string of the molecule is COc1ccc(CCCc2nc(N/N=C/C3=CNC4C=CC=CC34)cc(N3CCOCC3)n2)cc1OC. The molecule has 0 bridgehead atoms. The van der Waals surface area contributed by atoms with Crippen molar-refractivity contribution >= 4 is 17.9 Å². The van der Waals surface area contributed by atoms with Crippen LogP contribution in [0.1, 0.15) is 17.8 Å². The molecule has 3 aliphatic rings. The van der Waals surface area contributed by atoms with Gasteiger partial charge in [0.2, 0.25) is 0 Å². The number of anilines is 2. The van der Waals surface area contributed by atoms with Gasteiger partial charge in [-0.15, -0.1) is 0 Å². The standard InChI is InChI=1S/C28H34N6O3/c1-35-24-11-10-20(16-25(24)36-2)6-5-9-26-31-27(17-28(32-26)34-12-14-37-15-13-34)33-30-19-21-18-29-23-8-4-3-7-22(21)23/h3-4,7-8,10-11,16-19,22-23,29H,5-6,9,12-15H2,1-2H3,(H,31,32,33)/b30-19+. The van der Waals surface area contributed by atoms with Gasteiger partial charge in [-0.05, 0) is 36.1 Å². The number of benzene rings is 1. The Morgan fingerprint density at radius 2 is 1.92 bits per heavy atom. The summed E-state index contributed by atoms with van der Waals surface area (Å²) in [6.07, 6.45) is 15.0. The van der Waals surface area contributed by atoms with E-state index >= 15 is 0 Å². The summed E-state index contributed by atoms with van der Waals surface area (Å²) in [5, 5.41) is 7.90. The van der Waals surface area contributed by atoms with Crippen LogP contribution in [0, 0.1) is 5.92 Å². The van der Waals surface area contributed by atoms with Crippen LogP contribution in [-0.4, -0.2) is 62.7 Å². The van der Waals surface area contributed by atoms with Crippen molar-refractivity contribution in [2.24, 2.45) is 11.0 Å². The van der Waals surface area contributed by atoms with Crippen LogP contribution < -0.4 is 25.1 Å². The molecule has 1 saturated heterocycles. The molecule has 2 aromatic rings. The van der Waals surface area contributed by atoms with Gasteiger partial charge in [-0.3, -0.25) is 5.43 Å². The Morgan fingerprint density at radius 3 is 2.76 bits per heavy atom. The van der Waals surface area contributed by atoms with Crippen LogP contribution in [0.3, 0.4) is 0 Å². The first-order valence-corrected chi connectivity index (χ1v) is 12.8. The number of methoxy groups -OCH3 is 2. The van der Waals surface area contributed by atoms with E-state index in [1.54, 1.807) is 14.2 Å². The lowest BCUT2D eigenvalue weighted by atomic mass is 9.92. The summed E-state index contributed by atoms with van der Waals surface area (Å²) >= 11 is 0. The van der Waals surface area contributed by atoms with Gasteiger partial charge >= 0.3 is 0 Å². The molecular weight excluding hydrogens is 468 g/mol. The quantitative estimate of drug-likeness (QED) is 0.377. The van der Waals surface area contributed by atoms with E-state index in [0.29, 0.717) is 31.0 Å². The molecule has 3 heterocycles. The highest BCUT2D eigenvalue weighted by Crippen LogP contribution is 2.28. The first-order chi connectivity index (χ1) is 18.2. The molecule has 0 spiro atoms. The number of ether oxygens (including phenoxy) is 3. The third kappa shape index (κ3) is 6.11. The Labute approximate surface area is 217 Å². The molecule has 2 N–H and O–H groups in total. The van der Waals surface area contributed by atoms with Crippen molar-refractivity contribution in [1.29, 1.82) is 0 Å². The lowest BCUT2D eigenvalue weighted by Crippen LogP contribution is -2.37. The highest BCUT2D eigenvalue weighted by molar-refractivity contribution is 5.81. The molecule has 1 aromatic carbocycles. The van der Waals surface area contributed by atoms with Gasteiger partial charge in [0.25, 0.3) is 0 Å². The number of hydrogen-bond donors (Lipinski definition) is 2. The summed E-state index contributed by atoms with van der Waals surface area (Å²) in [5.41, 5.74) is 5.47. The van der Waals surface area contributed by atoms with Gasteiger partial charge in [0.05, 0.1) is 39.7 Å². The van der Waals surface area contributed by atoms with Crippen molar-refractivity contribution in [2.45, 2.75) is 25.3 Å². The zero-order valence-corrected chi connectivity index (χ0v) is 21.4. The molecule has 0 amide bonds. The van der Waals surface area contributed by atoms with Gasteiger partial charge in [-0.2, -0.15) is 5.10 Å². The van der Waals surface area contributed by atoms with Crippen molar-refractivity contribution in [3.8, 4) is 11.5 Å². The number of rotatable bonds is 10. The van der Waals surface area contributed by atoms with Crippen LogP contribution in [0.5, 0.6) is 11.5 Å². The number of hydrazone groups is 1. The van der Waals surface area contributed by atoms with E-state index in [0.717, 1.165) is 61.1 Å². The number of nitrogens with one attached hydrogen (secondary N) is 2. The molecule has 1 fully saturated rings. The molecule has 2 atom stereocenters. The van der Waals surface area contributed by atoms with Gasteiger partial charge in [0.15, 0.2) is 17.3 Å². The molecule has 2 unspecified atom stereocenters. The van der Waals surface area contributed by atoms with E-state index < -0.39 is 0 Å². The summed E-state index contributed by atoms with van der Waals surface area (Å²) in [6.45, 7) is 3.02. The first kappa shape index (κ1) is 24.8. The fraction of sp³-hybridized carbons (Fsp3) is 0.393. The number of fused-ring (bicyclic) bond motifs is 1. The van der Waals surface area contributed by atoms with Crippen molar-refractivity contribution in [3.63, 3.8) is 0 Å². The summed E-state index contributed by atoms with van der Waals surface area (Å²) in [4.78, 5) is 11.9. The van der Waals surface area contributed by atoms with Gasteiger partial charge in [0, 0.05) is 37.7 Å². The fourth-order valence-corrected chi connectivity index (χ4v) is 4.76. The number of morpholine rings is 1. The second kappa shape index (κ2) is 11.9. The van der Waals surface area contributed by atoms with Gasteiger partial charge in [0.1, 0.15) is 11.6 Å². The molecule has 1 aromatic heterocycles. The van der Waals surface area contributed by atoms with Crippen LogP contribution in [0.2, 0.25) is 0 Å². The lowest BCUT2D eigenvalue weighted by Gasteiger charge is -2.28. The Hall–Kier alpha value is -3.85. The van der Waals surface area contributed by atoms with E-state index in [1.165, 1.54) is 5.56 Å². The zero-order valence-electron chi connectivity index (χ0n) is 21.4. The van der Waals surface area contributed by atoms with Crippen LogP contribution in [0.4, 0.5) is 11.6 Å². The van der Waals surface area contributed by atoms with Crippen molar-refractivity contribution in [1.82, 2.24) is 15.3 Å². The third-order valence-electron chi connectivity index (χ3n) is 6.76. The minimum absolute atomic E-state index is 0.302. The molecule has 9 heteroatoms. The maximum Gasteiger partial charge on any atom is 0.160 e. The average Bonchev–Trinajstić information content (AvgIpc) is 3.36. The van der Waals surface area contributed by atoms with E-state index in [9.17, 15) is 0 Å². The highest BCUT2D eigenvalue weighted by Gasteiger charge is 2.25. The summed E-state index contributed by atoms with van der Waals surface area (Å²) in [6, 6.07) is 8.31. The molecule has 2 aliphatic heterocycles. The normalized spacial score (nSPS) is 20.5. The maximum atomic E-state index is 5.53. The minimum Gasteiger partial charge on any atom is -0.493 e. The molecule has 1 aliphatic carbocycles. The van der Waals surface area contributed by atoms with E-state index in [4.69, 9.17) is 24.2 Å². The summed E-state index contributed by atoms with van der Waals surface area (Å²) in [5.74, 6) is 4.17. The zero-order chi connectivity index (χ0) is 25.5. The van der Waals surface area contributed by atoms with Crippen molar-refractivity contribution < 1.29 is 14.2 Å². The van der Waals surface area contributed by atoms with Crippen LogP contribution >= 0.6 is 0 Å². The second-order valence-corrected chi connectivity index (χ2v) is 9.17. The highest BCUT2D eigenvalue weighted by atomic mass is 16.5. The smallest absolute Gasteiger partial charge is 0.160 e. The Balaban J connectivity index is 1.26. The lowest BCUT2D eigenvalue weighted by molar-refractivity contribution is 0.122. The Bertz CT molecular complexity index is 1200. The van der Waals surface area contributed by atoms with E-state index in [2.05, 4.69) is 51.1 Å². The number of allylic oxidation sites excluding steroid dienone is 2. The van der Waals surface area contributed by atoms with Crippen molar-refractivity contribution in [3.05, 3.63) is 71.7 Å². The number of nitrogens with zero attached hydrogens (tertiary/aromatic N) is 4. The van der Waals surface area contributed by atoms with Gasteiger partial charge in [-0.25, -0.2) is 9.97 Å². The monoisotopic (exact) mass is 502 g/mol. The molecular formula is C28H34N6O3. The largest absolute Gasteiger partial charge is 0.493 e. The second-order valence-electron chi connectivity index (χ2n) is 9.17. The van der Waals surface area contributed by atoms with Crippen LogP contribution in [0.25, 0.3) is 0 Å². The number of aryl methyl sites for hydroxylation is 2. The maximum absolute atomic E-state index is 5.53. The molecule has 194 valence electrons. The average molecular weight is 503 g/mol.